The molecule has 2 N–H and O–H groups in total. The third-order valence-corrected chi connectivity index (χ3v) is 5.36. The number of carboxylic acids is 1. The summed E-state index contributed by atoms with van der Waals surface area (Å²) >= 11 is 0. The van der Waals surface area contributed by atoms with Gasteiger partial charge in [0, 0.05) is 12.3 Å². The van der Waals surface area contributed by atoms with Crippen LogP contribution in [0, 0.1) is 5.41 Å². The number of aliphatic carboxylic acids is 1. The van der Waals surface area contributed by atoms with Crippen LogP contribution in [0.4, 0.5) is 4.79 Å². The van der Waals surface area contributed by atoms with Crippen molar-refractivity contribution in [3.05, 3.63) is 0 Å². The lowest BCUT2D eigenvalue weighted by Crippen LogP contribution is -2.45. The van der Waals surface area contributed by atoms with Crippen molar-refractivity contribution in [2.45, 2.75) is 59.5 Å². The van der Waals surface area contributed by atoms with E-state index in [0.717, 1.165) is 0 Å². The normalized spacial score (nSPS) is 14.8. The Labute approximate surface area is 138 Å². The minimum atomic E-state index is -3.28. The minimum Gasteiger partial charge on any atom is -0.481 e. The highest BCUT2D eigenvalue weighted by molar-refractivity contribution is 7.91. The maximum absolute atomic E-state index is 11.8. The average Bonchev–Trinajstić information content (AvgIpc) is 2.36. The van der Waals surface area contributed by atoms with Crippen molar-refractivity contribution in [3.8, 4) is 0 Å². The lowest BCUT2D eigenvalue weighted by molar-refractivity contribution is -0.149. The van der Waals surface area contributed by atoms with E-state index in [9.17, 15) is 23.1 Å². The van der Waals surface area contributed by atoms with Crippen molar-refractivity contribution in [1.29, 1.82) is 0 Å². The fraction of sp³-hybridized carbons (Fsp3) is 0.867. The molecule has 0 aromatic rings. The van der Waals surface area contributed by atoms with Crippen LogP contribution in [0.3, 0.4) is 0 Å². The Balaban J connectivity index is 4.93. The zero-order valence-electron chi connectivity index (χ0n) is 14.6. The summed E-state index contributed by atoms with van der Waals surface area (Å²) in [6.45, 7) is 8.36. The summed E-state index contributed by atoms with van der Waals surface area (Å²) in [4.78, 5) is 23.3. The summed E-state index contributed by atoms with van der Waals surface area (Å²) in [7, 11) is -3.28. The van der Waals surface area contributed by atoms with E-state index in [2.05, 4.69) is 5.32 Å². The number of alkyl carbamates (subject to hydrolysis) is 1. The smallest absolute Gasteiger partial charge is 0.407 e. The van der Waals surface area contributed by atoms with Gasteiger partial charge in [0.15, 0.2) is 0 Å². The Morgan fingerprint density at radius 3 is 2.09 bits per heavy atom. The van der Waals surface area contributed by atoms with Crippen LogP contribution in [0.5, 0.6) is 0 Å². The topological polar surface area (TPSA) is 110 Å². The second-order valence-corrected chi connectivity index (χ2v) is 9.00. The van der Waals surface area contributed by atoms with Gasteiger partial charge >= 0.3 is 12.1 Å². The van der Waals surface area contributed by atoms with Crippen LogP contribution in [0.1, 0.15) is 53.9 Å². The molecule has 0 saturated carbocycles. The van der Waals surface area contributed by atoms with E-state index in [1.807, 2.05) is 0 Å². The molecular formula is C15H29NO6S. The van der Waals surface area contributed by atoms with E-state index in [0.29, 0.717) is 6.42 Å². The summed E-state index contributed by atoms with van der Waals surface area (Å²) in [5.41, 5.74) is -2.01. The lowest BCUT2D eigenvalue weighted by Gasteiger charge is -2.29. The molecule has 0 spiro atoms. The number of sulfone groups is 1. The molecule has 0 fully saturated rings. The predicted molar refractivity (Wildman–Crippen MR) is 88.2 cm³/mol. The van der Waals surface area contributed by atoms with Gasteiger partial charge in [-0.25, -0.2) is 13.2 Å². The highest BCUT2D eigenvalue weighted by atomic mass is 32.2. The van der Waals surface area contributed by atoms with Crippen LogP contribution in [-0.4, -0.2) is 49.2 Å². The number of hydrogen-bond acceptors (Lipinski definition) is 5. The Bertz CT molecular complexity index is 509. The van der Waals surface area contributed by atoms with Gasteiger partial charge in [0.05, 0.1) is 11.2 Å². The van der Waals surface area contributed by atoms with Gasteiger partial charge in [-0.2, -0.15) is 0 Å². The summed E-state index contributed by atoms with van der Waals surface area (Å²) in [5, 5.41) is 12.0. The first kappa shape index (κ1) is 21.7. The Kier molecular flexibility index (Phi) is 8.03. The molecule has 0 aliphatic heterocycles. The number of nitrogens with one attached hydrogen (secondary N) is 1. The first-order valence-corrected chi connectivity index (χ1v) is 9.60. The molecule has 23 heavy (non-hydrogen) atoms. The van der Waals surface area contributed by atoms with E-state index >= 15 is 0 Å². The monoisotopic (exact) mass is 351 g/mol. The van der Waals surface area contributed by atoms with Gasteiger partial charge in [0.1, 0.15) is 15.4 Å². The van der Waals surface area contributed by atoms with Crippen LogP contribution in [0.2, 0.25) is 0 Å². The maximum Gasteiger partial charge on any atom is 0.407 e. The molecule has 1 amide bonds. The molecule has 0 rings (SSSR count). The van der Waals surface area contributed by atoms with Crippen molar-refractivity contribution >= 4 is 21.9 Å². The summed E-state index contributed by atoms with van der Waals surface area (Å²) in [6.07, 6.45) is -0.0606. The quantitative estimate of drug-likeness (QED) is 0.659. The fourth-order valence-corrected chi connectivity index (χ4v) is 3.57. The molecule has 7 nitrogen and oxygen atoms in total. The molecule has 1 unspecified atom stereocenters. The molecular weight excluding hydrogens is 322 g/mol. The van der Waals surface area contributed by atoms with Crippen LogP contribution < -0.4 is 5.32 Å². The van der Waals surface area contributed by atoms with Gasteiger partial charge in [-0.3, -0.25) is 4.79 Å². The zero-order chi connectivity index (χ0) is 18.3. The molecule has 0 aliphatic rings. The van der Waals surface area contributed by atoms with Crippen molar-refractivity contribution in [3.63, 3.8) is 0 Å². The summed E-state index contributed by atoms with van der Waals surface area (Å²) < 4.78 is 28.8. The zero-order valence-corrected chi connectivity index (χ0v) is 15.5. The first-order chi connectivity index (χ1) is 10.4. The lowest BCUT2D eigenvalue weighted by atomic mass is 9.82. The Morgan fingerprint density at radius 2 is 1.70 bits per heavy atom. The van der Waals surface area contributed by atoms with Crippen molar-refractivity contribution < 1.29 is 27.9 Å². The van der Waals surface area contributed by atoms with Gasteiger partial charge in [-0.1, -0.05) is 13.8 Å². The largest absolute Gasteiger partial charge is 0.481 e. The van der Waals surface area contributed by atoms with Gasteiger partial charge in [0.25, 0.3) is 0 Å². The van der Waals surface area contributed by atoms with Gasteiger partial charge in [-0.05, 0) is 40.0 Å². The van der Waals surface area contributed by atoms with E-state index in [-0.39, 0.29) is 30.9 Å². The predicted octanol–water partition coefficient (Wildman–Crippen LogP) is 2.21. The highest BCUT2D eigenvalue weighted by Crippen LogP contribution is 2.27. The molecule has 0 aromatic carbocycles. The maximum atomic E-state index is 11.8. The minimum absolute atomic E-state index is 0.0336. The summed E-state index contributed by atoms with van der Waals surface area (Å²) in [6, 6.07) is 0. The number of carboxylic acid groups (broad SMARTS) is 1. The molecule has 0 radical (unpaired) electrons. The number of amides is 1. The Morgan fingerprint density at radius 1 is 1.13 bits per heavy atom. The van der Waals surface area contributed by atoms with Crippen molar-refractivity contribution in [1.82, 2.24) is 5.32 Å². The van der Waals surface area contributed by atoms with E-state index in [1.54, 1.807) is 34.6 Å². The van der Waals surface area contributed by atoms with Gasteiger partial charge in [0.2, 0.25) is 0 Å². The molecule has 1 atom stereocenters. The van der Waals surface area contributed by atoms with Crippen molar-refractivity contribution in [2.24, 2.45) is 5.41 Å². The van der Waals surface area contributed by atoms with E-state index in [1.165, 1.54) is 0 Å². The average molecular weight is 351 g/mol. The molecule has 0 aromatic heterocycles. The number of carbonyl (C=O) groups excluding carboxylic acids is 1. The van der Waals surface area contributed by atoms with Gasteiger partial charge < -0.3 is 15.2 Å². The molecule has 0 saturated heterocycles. The van der Waals surface area contributed by atoms with E-state index in [4.69, 9.17) is 4.74 Å². The molecule has 0 heterocycles. The van der Waals surface area contributed by atoms with E-state index < -0.39 is 32.9 Å². The van der Waals surface area contributed by atoms with Crippen molar-refractivity contribution in [2.75, 3.05) is 18.1 Å². The fourth-order valence-electron chi connectivity index (χ4n) is 2.04. The first-order valence-electron chi connectivity index (χ1n) is 7.78. The van der Waals surface area contributed by atoms with Crippen LogP contribution in [-0.2, 0) is 19.4 Å². The number of carbonyl (C=O) groups is 2. The number of ether oxygens (including phenoxy) is 1. The SMILES string of the molecule is CCCS(=O)(=O)CCC(CC)(CNC(=O)OC(C)(C)C)C(=O)O. The number of rotatable bonds is 9. The third kappa shape index (κ3) is 8.20. The second kappa shape index (κ2) is 8.52. The van der Waals surface area contributed by atoms with Crippen LogP contribution >= 0.6 is 0 Å². The van der Waals surface area contributed by atoms with Crippen LogP contribution in [0.25, 0.3) is 0 Å². The third-order valence-electron chi connectivity index (χ3n) is 3.51. The van der Waals surface area contributed by atoms with Crippen LogP contribution in [0.15, 0.2) is 0 Å². The molecule has 8 heteroatoms. The highest BCUT2D eigenvalue weighted by Gasteiger charge is 2.38. The molecule has 0 aliphatic carbocycles. The molecule has 136 valence electrons. The Hall–Kier alpha value is -1.31. The standard InChI is InChI=1S/C15H29NO6S/c1-6-9-23(20,21)10-8-15(7-2,12(17)18)11-16-13(19)22-14(3,4)5/h6-11H2,1-5H3,(H,16,19)(H,17,18). The molecule has 0 bridgehead atoms. The second-order valence-electron chi connectivity index (χ2n) is 6.70. The van der Waals surface area contributed by atoms with Gasteiger partial charge in [-0.15, -0.1) is 0 Å². The number of hydrogen-bond donors (Lipinski definition) is 2. The summed E-state index contributed by atoms with van der Waals surface area (Å²) in [5.74, 6) is -1.30.